The largest absolute Gasteiger partial charge is 0.288 e. The highest BCUT2D eigenvalue weighted by Gasteiger charge is 2.13. The Bertz CT molecular complexity index is 528. The quantitative estimate of drug-likeness (QED) is 0.627. The fourth-order valence-electron chi connectivity index (χ4n) is 1.33. The minimum absolute atomic E-state index is 0.0955. The van der Waals surface area contributed by atoms with E-state index in [0.717, 1.165) is 3.57 Å². The number of benzene rings is 1. The van der Waals surface area contributed by atoms with Crippen LogP contribution in [0.4, 0.5) is 4.39 Å². The summed E-state index contributed by atoms with van der Waals surface area (Å²) in [5.41, 5.74) is 0.536. The molecular weight excluding hydrogens is 320 g/mol. The van der Waals surface area contributed by atoms with Gasteiger partial charge in [0.1, 0.15) is 5.82 Å². The number of halogens is 2. The Kier molecular flexibility index (Phi) is 3.28. The van der Waals surface area contributed by atoms with Gasteiger partial charge in [0.25, 0.3) is 0 Å². The summed E-state index contributed by atoms with van der Waals surface area (Å²) in [6.07, 6.45) is 3.03. The molecule has 0 aliphatic rings. The fourth-order valence-corrected chi connectivity index (χ4v) is 1.82. The maximum absolute atomic E-state index is 13.5. The maximum Gasteiger partial charge on any atom is 0.196 e. The normalized spacial score (nSPS) is 10.1. The van der Waals surface area contributed by atoms with Gasteiger partial charge in [0.05, 0.1) is 5.56 Å². The lowest BCUT2D eigenvalue weighted by Crippen LogP contribution is -2.04. The van der Waals surface area contributed by atoms with E-state index in [-0.39, 0.29) is 11.3 Å². The van der Waals surface area contributed by atoms with E-state index in [1.54, 1.807) is 24.3 Å². The number of nitrogens with zero attached hydrogens (tertiary/aromatic N) is 1. The Morgan fingerprint density at radius 1 is 1.19 bits per heavy atom. The Balaban J connectivity index is 2.46. The van der Waals surface area contributed by atoms with Crippen LogP contribution in [0.2, 0.25) is 0 Å². The Hall–Kier alpha value is -1.30. The first kappa shape index (κ1) is 11.2. The van der Waals surface area contributed by atoms with Gasteiger partial charge in [0, 0.05) is 21.5 Å². The molecule has 16 heavy (non-hydrogen) atoms. The van der Waals surface area contributed by atoms with Gasteiger partial charge in [-0.15, -0.1) is 0 Å². The highest BCUT2D eigenvalue weighted by Crippen LogP contribution is 2.16. The average Bonchev–Trinajstić information content (AvgIpc) is 2.32. The first-order chi connectivity index (χ1) is 7.68. The third-order valence-electron chi connectivity index (χ3n) is 2.12. The van der Waals surface area contributed by atoms with Gasteiger partial charge < -0.3 is 0 Å². The van der Waals surface area contributed by atoms with Crippen molar-refractivity contribution in [3.8, 4) is 0 Å². The maximum atomic E-state index is 13.5. The van der Waals surface area contributed by atoms with E-state index in [4.69, 9.17) is 0 Å². The predicted octanol–water partition coefficient (Wildman–Crippen LogP) is 3.06. The minimum Gasteiger partial charge on any atom is -0.288 e. The van der Waals surface area contributed by atoms with Crippen molar-refractivity contribution >= 4 is 28.4 Å². The van der Waals surface area contributed by atoms with Crippen LogP contribution >= 0.6 is 22.6 Å². The van der Waals surface area contributed by atoms with Gasteiger partial charge in [-0.05, 0) is 52.9 Å². The van der Waals surface area contributed by atoms with Crippen LogP contribution in [0.3, 0.4) is 0 Å². The summed E-state index contributed by atoms with van der Waals surface area (Å²) >= 11 is 2.04. The van der Waals surface area contributed by atoms with Crippen molar-refractivity contribution in [2.45, 2.75) is 0 Å². The molecule has 1 aromatic heterocycles. The summed E-state index contributed by atoms with van der Waals surface area (Å²) in [7, 11) is 0. The van der Waals surface area contributed by atoms with E-state index < -0.39 is 5.82 Å². The minimum atomic E-state index is -0.498. The van der Waals surface area contributed by atoms with E-state index in [1.165, 1.54) is 18.5 Å². The SMILES string of the molecule is O=C(c1ccncc1)c1cc(I)ccc1F. The molecule has 2 aromatic rings. The number of hydrogen-bond acceptors (Lipinski definition) is 2. The third kappa shape index (κ3) is 2.27. The van der Waals surface area contributed by atoms with Crippen LogP contribution in [0.1, 0.15) is 15.9 Å². The summed E-state index contributed by atoms with van der Waals surface area (Å²) in [4.78, 5) is 15.8. The van der Waals surface area contributed by atoms with Crippen LogP contribution in [0.15, 0.2) is 42.7 Å². The van der Waals surface area contributed by atoms with E-state index in [1.807, 2.05) is 22.6 Å². The molecule has 0 amide bonds. The number of carbonyl (C=O) groups excluding carboxylic acids is 1. The molecule has 0 saturated heterocycles. The summed E-state index contributed by atoms with van der Waals surface area (Å²) in [6, 6.07) is 7.61. The highest BCUT2D eigenvalue weighted by atomic mass is 127. The highest BCUT2D eigenvalue weighted by molar-refractivity contribution is 14.1. The van der Waals surface area contributed by atoms with Crippen molar-refractivity contribution < 1.29 is 9.18 Å². The molecule has 1 heterocycles. The molecule has 2 rings (SSSR count). The van der Waals surface area contributed by atoms with Crippen molar-refractivity contribution in [1.82, 2.24) is 4.98 Å². The molecule has 4 heteroatoms. The molecule has 0 aliphatic carbocycles. The van der Waals surface area contributed by atoms with Crippen LogP contribution in [0, 0.1) is 9.39 Å². The molecule has 0 fully saturated rings. The first-order valence-corrected chi connectivity index (χ1v) is 5.66. The molecule has 0 radical (unpaired) electrons. The second kappa shape index (κ2) is 4.69. The molecule has 0 N–H and O–H groups in total. The number of aromatic nitrogens is 1. The van der Waals surface area contributed by atoms with Crippen molar-refractivity contribution in [3.63, 3.8) is 0 Å². The Labute approximate surface area is 106 Å². The summed E-state index contributed by atoms with van der Waals surface area (Å²) < 4.78 is 14.3. The van der Waals surface area contributed by atoms with Gasteiger partial charge >= 0.3 is 0 Å². The monoisotopic (exact) mass is 327 g/mol. The topological polar surface area (TPSA) is 30.0 Å². The van der Waals surface area contributed by atoms with Crippen LogP contribution in [0.5, 0.6) is 0 Å². The van der Waals surface area contributed by atoms with Crippen molar-refractivity contribution in [2.75, 3.05) is 0 Å². The summed E-state index contributed by atoms with van der Waals surface area (Å²) in [5, 5.41) is 0. The van der Waals surface area contributed by atoms with Gasteiger partial charge in [-0.1, -0.05) is 0 Å². The van der Waals surface area contributed by atoms with Crippen molar-refractivity contribution in [3.05, 3.63) is 63.2 Å². The van der Waals surface area contributed by atoms with E-state index >= 15 is 0 Å². The lowest BCUT2D eigenvalue weighted by molar-refractivity contribution is 0.103. The average molecular weight is 327 g/mol. The molecule has 0 saturated carbocycles. The zero-order valence-corrected chi connectivity index (χ0v) is 10.3. The lowest BCUT2D eigenvalue weighted by Gasteiger charge is -2.02. The predicted molar refractivity (Wildman–Crippen MR) is 66.8 cm³/mol. The molecule has 0 unspecified atom stereocenters. The molecule has 0 spiro atoms. The van der Waals surface area contributed by atoms with Crippen LogP contribution in [0.25, 0.3) is 0 Å². The van der Waals surface area contributed by atoms with Crippen LogP contribution in [-0.2, 0) is 0 Å². The van der Waals surface area contributed by atoms with Gasteiger partial charge in [-0.3, -0.25) is 9.78 Å². The number of carbonyl (C=O) groups is 1. The molecule has 0 atom stereocenters. The second-order valence-corrected chi connectivity index (χ2v) is 4.43. The van der Waals surface area contributed by atoms with Crippen molar-refractivity contribution in [2.24, 2.45) is 0 Å². The van der Waals surface area contributed by atoms with Gasteiger partial charge in [-0.25, -0.2) is 4.39 Å². The standard InChI is InChI=1S/C12H7FINO/c13-11-2-1-9(14)7-10(11)12(16)8-3-5-15-6-4-8/h1-7H. The van der Waals surface area contributed by atoms with Gasteiger partial charge in [0.2, 0.25) is 0 Å². The van der Waals surface area contributed by atoms with E-state index in [2.05, 4.69) is 4.98 Å². The van der Waals surface area contributed by atoms with Crippen molar-refractivity contribution in [1.29, 1.82) is 0 Å². The summed E-state index contributed by atoms with van der Waals surface area (Å²) in [6.45, 7) is 0. The third-order valence-corrected chi connectivity index (χ3v) is 2.79. The Morgan fingerprint density at radius 3 is 2.56 bits per heavy atom. The van der Waals surface area contributed by atoms with Crippen LogP contribution < -0.4 is 0 Å². The van der Waals surface area contributed by atoms with E-state index in [0.29, 0.717) is 5.56 Å². The molecule has 1 aromatic carbocycles. The van der Waals surface area contributed by atoms with E-state index in [9.17, 15) is 9.18 Å². The molecule has 0 aliphatic heterocycles. The molecule has 2 nitrogen and oxygen atoms in total. The molecular formula is C12H7FINO. The number of rotatable bonds is 2. The second-order valence-electron chi connectivity index (χ2n) is 3.19. The lowest BCUT2D eigenvalue weighted by atomic mass is 10.0. The molecule has 0 bridgehead atoms. The Morgan fingerprint density at radius 2 is 1.88 bits per heavy atom. The zero-order chi connectivity index (χ0) is 11.5. The number of hydrogen-bond donors (Lipinski definition) is 0. The first-order valence-electron chi connectivity index (χ1n) is 4.58. The van der Waals surface area contributed by atoms with Gasteiger partial charge in [0.15, 0.2) is 5.78 Å². The van der Waals surface area contributed by atoms with Crippen LogP contribution in [-0.4, -0.2) is 10.8 Å². The molecule has 80 valence electrons. The fraction of sp³-hybridized carbons (Fsp3) is 0. The van der Waals surface area contributed by atoms with Gasteiger partial charge in [-0.2, -0.15) is 0 Å². The smallest absolute Gasteiger partial charge is 0.196 e. The number of ketones is 1. The summed E-state index contributed by atoms with van der Waals surface area (Å²) in [5.74, 6) is -0.819. The number of pyridine rings is 1. The zero-order valence-electron chi connectivity index (χ0n) is 8.15.